The number of benzene rings is 1. The quantitative estimate of drug-likeness (QED) is 0.876. The zero-order chi connectivity index (χ0) is 14.3. The van der Waals surface area contributed by atoms with Gasteiger partial charge >= 0.3 is 0 Å². The second kappa shape index (κ2) is 4.51. The van der Waals surface area contributed by atoms with Crippen molar-refractivity contribution < 1.29 is 9.53 Å². The monoisotopic (exact) mass is 273 g/mol. The van der Waals surface area contributed by atoms with Crippen molar-refractivity contribution >= 4 is 11.9 Å². The minimum atomic E-state index is -0.842. The number of aryl methyl sites for hydroxylation is 1. The lowest BCUT2D eigenvalue weighted by molar-refractivity contribution is -0.123. The van der Waals surface area contributed by atoms with Gasteiger partial charge in [-0.05, 0) is 38.8 Å². The fourth-order valence-electron chi connectivity index (χ4n) is 2.41. The number of nitrogens with zero attached hydrogens (tertiary/aromatic N) is 1. The van der Waals surface area contributed by atoms with E-state index in [1.54, 1.807) is 7.11 Å². The average Bonchev–Trinajstić information content (AvgIpc) is 3.17. The fraction of sp³-hybridized carbons (Fsp3) is 0.467. The number of carbonyl (C=O) groups excluding carboxylic acids is 1. The summed E-state index contributed by atoms with van der Waals surface area (Å²) in [7, 11) is 1.61. The SMILES string of the molecule is COc1ccc(C)cc1C1(C)NC(=NC2CC2)NC1=O. The highest BCUT2D eigenvalue weighted by Crippen LogP contribution is 2.33. The van der Waals surface area contributed by atoms with Crippen LogP contribution in [0.2, 0.25) is 0 Å². The minimum Gasteiger partial charge on any atom is -0.496 e. The Kier molecular flexibility index (Phi) is 2.92. The maximum absolute atomic E-state index is 12.4. The molecule has 5 nitrogen and oxygen atoms in total. The van der Waals surface area contributed by atoms with Gasteiger partial charge in [0.2, 0.25) is 0 Å². The molecule has 1 atom stereocenters. The summed E-state index contributed by atoms with van der Waals surface area (Å²) in [6.07, 6.45) is 2.21. The Hall–Kier alpha value is -2.04. The molecule has 1 saturated heterocycles. The third kappa shape index (κ3) is 2.13. The van der Waals surface area contributed by atoms with Gasteiger partial charge in [-0.1, -0.05) is 11.6 Å². The number of hydrogen-bond acceptors (Lipinski definition) is 3. The molecule has 5 heteroatoms. The van der Waals surface area contributed by atoms with Crippen molar-refractivity contribution in [1.29, 1.82) is 0 Å². The van der Waals surface area contributed by atoms with E-state index < -0.39 is 5.54 Å². The fourth-order valence-corrected chi connectivity index (χ4v) is 2.41. The Labute approximate surface area is 118 Å². The first kappa shape index (κ1) is 13.0. The van der Waals surface area contributed by atoms with E-state index >= 15 is 0 Å². The molecule has 1 heterocycles. The molecule has 0 spiro atoms. The first-order valence-corrected chi connectivity index (χ1v) is 6.85. The van der Waals surface area contributed by atoms with Crippen LogP contribution in [-0.4, -0.2) is 25.0 Å². The normalized spacial score (nSPS) is 27.4. The van der Waals surface area contributed by atoms with Crippen LogP contribution in [0, 0.1) is 6.92 Å². The van der Waals surface area contributed by atoms with E-state index in [0.29, 0.717) is 17.8 Å². The van der Waals surface area contributed by atoms with Crippen molar-refractivity contribution in [1.82, 2.24) is 10.6 Å². The van der Waals surface area contributed by atoms with Crippen LogP contribution in [0.3, 0.4) is 0 Å². The van der Waals surface area contributed by atoms with Gasteiger partial charge in [0.1, 0.15) is 11.3 Å². The van der Waals surface area contributed by atoms with Gasteiger partial charge < -0.3 is 10.1 Å². The lowest BCUT2D eigenvalue weighted by atomic mass is 9.90. The highest BCUT2D eigenvalue weighted by atomic mass is 16.5. The van der Waals surface area contributed by atoms with Gasteiger partial charge in [0, 0.05) is 5.56 Å². The van der Waals surface area contributed by atoms with E-state index in [4.69, 9.17) is 4.74 Å². The van der Waals surface area contributed by atoms with Crippen LogP contribution < -0.4 is 15.4 Å². The van der Waals surface area contributed by atoms with Crippen LogP contribution >= 0.6 is 0 Å². The lowest BCUT2D eigenvalue weighted by Crippen LogP contribution is -2.41. The van der Waals surface area contributed by atoms with Gasteiger partial charge in [0.15, 0.2) is 5.96 Å². The molecule has 0 bridgehead atoms. The number of aliphatic imine (C=N–C) groups is 1. The van der Waals surface area contributed by atoms with Crippen molar-refractivity contribution in [3.8, 4) is 5.75 Å². The first-order valence-electron chi connectivity index (χ1n) is 6.85. The second-order valence-corrected chi connectivity index (χ2v) is 5.62. The number of carbonyl (C=O) groups is 1. The molecule has 1 amide bonds. The number of rotatable bonds is 3. The highest BCUT2D eigenvalue weighted by molar-refractivity contribution is 6.09. The number of amides is 1. The molecule has 1 aliphatic heterocycles. The molecule has 1 aliphatic carbocycles. The predicted octanol–water partition coefficient (Wildman–Crippen LogP) is 1.46. The van der Waals surface area contributed by atoms with E-state index in [-0.39, 0.29) is 5.91 Å². The van der Waals surface area contributed by atoms with Gasteiger partial charge in [0.25, 0.3) is 5.91 Å². The Morgan fingerprint density at radius 2 is 2.15 bits per heavy atom. The Morgan fingerprint density at radius 3 is 2.80 bits per heavy atom. The van der Waals surface area contributed by atoms with Crippen LogP contribution in [0.1, 0.15) is 30.9 Å². The van der Waals surface area contributed by atoms with Gasteiger partial charge in [-0.3, -0.25) is 10.1 Å². The highest BCUT2D eigenvalue weighted by Gasteiger charge is 2.44. The van der Waals surface area contributed by atoms with Gasteiger partial charge in [0.05, 0.1) is 13.2 Å². The molecule has 1 saturated carbocycles. The predicted molar refractivity (Wildman–Crippen MR) is 76.8 cm³/mol. The van der Waals surface area contributed by atoms with E-state index in [0.717, 1.165) is 24.0 Å². The van der Waals surface area contributed by atoms with E-state index in [1.165, 1.54) is 0 Å². The van der Waals surface area contributed by atoms with Crippen LogP contribution in [-0.2, 0) is 10.3 Å². The van der Waals surface area contributed by atoms with Gasteiger partial charge in [-0.2, -0.15) is 0 Å². The summed E-state index contributed by atoms with van der Waals surface area (Å²) in [5.74, 6) is 1.18. The molecule has 2 fully saturated rings. The third-order valence-corrected chi connectivity index (χ3v) is 3.81. The molecule has 2 aliphatic rings. The van der Waals surface area contributed by atoms with Crippen molar-refractivity contribution in [2.24, 2.45) is 4.99 Å². The largest absolute Gasteiger partial charge is 0.496 e. The lowest BCUT2D eigenvalue weighted by Gasteiger charge is -2.24. The van der Waals surface area contributed by atoms with Gasteiger partial charge in [-0.15, -0.1) is 0 Å². The standard InChI is InChI=1S/C15H19N3O2/c1-9-4-7-12(20-3)11(8-9)15(2)13(19)17-14(18-15)16-10-5-6-10/h4,7-8,10H,5-6H2,1-3H3,(H2,16,17,18,19). The smallest absolute Gasteiger partial charge is 0.256 e. The summed E-state index contributed by atoms with van der Waals surface area (Å²) in [6.45, 7) is 3.85. The summed E-state index contributed by atoms with van der Waals surface area (Å²) in [5.41, 5.74) is 1.08. The molecule has 106 valence electrons. The number of methoxy groups -OCH3 is 1. The van der Waals surface area contributed by atoms with Crippen LogP contribution in [0.4, 0.5) is 0 Å². The topological polar surface area (TPSA) is 62.7 Å². The number of guanidine groups is 1. The summed E-state index contributed by atoms with van der Waals surface area (Å²) < 4.78 is 5.40. The summed E-state index contributed by atoms with van der Waals surface area (Å²) >= 11 is 0. The second-order valence-electron chi connectivity index (χ2n) is 5.62. The molecule has 1 aromatic carbocycles. The van der Waals surface area contributed by atoms with Crippen molar-refractivity contribution in [3.05, 3.63) is 29.3 Å². The molecule has 1 aromatic rings. The Balaban J connectivity index is 1.99. The molecule has 2 N–H and O–H groups in total. The molecular formula is C15H19N3O2. The number of hydrogen-bond donors (Lipinski definition) is 2. The zero-order valence-corrected chi connectivity index (χ0v) is 12.0. The summed E-state index contributed by atoms with van der Waals surface area (Å²) in [4.78, 5) is 16.8. The number of ether oxygens (including phenoxy) is 1. The van der Waals surface area contributed by atoms with Crippen molar-refractivity contribution in [2.45, 2.75) is 38.3 Å². The van der Waals surface area contributed by atoms with E-state index in [1.807, 2.05) is 32.0 Å². The van der Waals surface area contributed by atoms with Crippen molar-refractivity contribution in [2.75, 3.05) is 7.11 Å². The summed E-state index contributed by atoms with van der Waals surface area (Å²) in [5, 5.41) is 6.05. The maximum atomic E-state index is 12.4. The minimum absolute atomic E-state index is 0.0965. The van der Waals surface area contributed by atoms with Crippen LogP contribution in [0.15, 0.2) is 23.2 Å². The zero-order valence-electron chi connectivity index (χ0n) is 12.0. The maximum Gasteiger partial charge on any atom is 0.256 e. The molecular weight excluding hydrogens is 254 g/mol. The molecule has 0 aromatic heterocycles. The molecule has 20 heavy (non-hydrogen) atoms. The average molecular weight is 273 g/mol. The van der Waals surface area contributed by atoms with Crippen LogP contribution in [0.25, 0.3) is 0 Å². The Morgan fingerprint density at radius 1 is 1.40 bits per heavy atom. The van der Waals surface area contributed by atoms with E-state index in [9.17, 15) is 4.79 Å². The summed E-state index contributed by atoms with van der Waals surface area (Å²) in [6, 6.07) is 6.20. The molecule has 0 radical (unpaired) electrons. The Bertz CT molecular complexity index is 593. The van der Waals surface area contributed by atoms with E-state index in [2.05, 4.69) is 15.6 Å². The number of nitrogens with one attached hydrogen (secondary N) is 2. The third-order valence-electron chi connectivity index (χ3n) is 3.81. The molecule has 1 unspecified atom stereocenters. The van der Waals surface area contributed by atoms with Gasteiger partial charge in [-0.25, -0.2) is 4.99 Å². The first-order chi connectivity index (χ1) is 9.53. The van der Waals surface area contributed by atoms with Crippen molar-refractivity contribution in [3.63, 3.8) is 0 Å². The molecule has 3 rings (SSSR count). The van der Waals surface area contributed by atoms with Crippen LogP contribution in [0.5, 0.6) is 5.75 Å².